The summed E-state index contributed by atoms with van der Waals surface area (Å²) in [5, 5.41) is 28.7. The molecule has 2 N–H and O–H groups in total. The number of phenols is 2. The molecule has 0 aliphatic rings. The first-order valence-electron chi connectivity index (χ1n) is 39.5. The molecule has 13 aromatic rings. The minimum Gasteiger partial charge on any atom is -0.508 e. The highest BCUT2D eigenvalue weighted by atomic mass is 35.5. The van der Waals surface area contributed by atoms with Gasteiger partial charge in [-0.2, -0.15) is 0 Å². The fourth-order valence-electron chi connectivity index (χ4n) is 9.50. The van der Waals surface area contributed by atoms with Crippen LogP contribution in [0.2, 0.25) is 5.02 Å². The zero-order chi connectivity index (χ0) is 88.2. The predicted molar refractivity (Wildman–Crippen MR) is 489 cm³/mol. The Morgan fingerprint density at radius 3 is 0.950 bits per heavy atom. The van der Waals surface area contributed by atoms with Gasteiger partial charge in [0.15, 0.2) is 0 Å². The number of halogens is 1. The molecule has 0 aromatic heterocycles. The van der Waals surface area contributed by atoms with Gasteiger partial charge >= 0.3 is 17.9 Å². The third-order valence-electron chi connectivity index (χ3n) is 17.5. The van der Waals surface area contributed by atoms with E-state index >= 15 is 0 Å². The zero-order valence-corrected chi connectivity index (χ0v) is 73.0. The average Bonchev–Trinajstić information content (AvgIpc) is 0.863. The first-order valence-corrected chi connectivity index (χ1v) is 39.9. The highest BCUT2D eigenvalue weighted by molar-refractivity contribution is 6.30. The molecular formula is C104H116ClNO14. The van der Waals surface area contributed by atoms with Gasteiger partial charge in [-0.25, -0.2) is 14.4 Å². The molecule has 0 bridgehead atoms. The topological polar surface area (TPSA) is 199 Å². The van der Waals surface area contributed by atoms with Crippen LogP contribution in [0.1, 0.15) is 133 Å². The maximum Gasteiger partial charge on any atom is 0.343 e. The van der Waals surface area contributed by atoms with Crippen molar-refractivity contribution in [1.82, 2.24) is 0 Å². The Balaban J connectivity index is 0.000000284. The molecule has 0 aliphatic carbocycles. The van der Waals surface area contributed by atoms with Gasteiger partial charge in [-0.1, -0.05) is 237 Å². The molecule has 2 atom stereocenters. The molecule has 16 heteroatoms. The Bertz CT molecular complexity index is 4980. The number of carbonyl (C=O) groups excluding carboxylic acids is 3. The normalized spacial score (nSPS) is 10.2. The number of ether oxygens (including phenoxy) is 7. The Morgan fingerprint density at radius 2 is 0.633 bits per heavy atom. The minimum absolute atomic E-state index is 0.0631. The molecule has 15 nitrogen and oxygen atoms in total. The van der Waals surface area contributed by atoms with Gasteiger partial charge in [-0.15, -0.1) is 0 Å². The van der Waals surface area contributed by atoms with Crippen LogP contribution in [0.25, 0.3) is 0 Å². The second kappa shape index (κ2) is 56.2. The largest absolute Gasteiger partial charge is 0.508 e. The SMILES string of the molecule is CCC(C)COc1ccc(C)cc1.CCC(C)COc1cccc(C)c1.COc1ccc(C)cc1.COc1cccc(C)c1.Cc1ccc(O)cc1.Cc1ccc(OC(=O)c2ccc(Cl)cc2)cc1.Cc1ccc(OC(=O)c2ccc([N+](=O)[O-])cc2)cc1.Cc1ccc(OC(=O)c2ccccc2)cc1.Cc1cccc(O)c1.Cc1ccccc1C. The number of non-ortho nitro benzene ring substituents is 1. The fraction of sp³-hybridized carbons (Fsp3) is 0.221. The molecular weight excluding hydrogens is 1520 g/mol. The second-order valence-corrected chi connectivity index (χ2v) is 28.8. The first kappa shape index (κ1) is 99.1. The number of carbonyl (C=O) groups is 3. The van der Waals surface area contributed by atoms with Crippen LogP contribution in [0, 0.1) is 98.1 Å². The van der Waals surface area contributed by atoms with Crippen LogP contribution in [0.4, 0.5) is 5.69 Å². The van der Waals surface area contributed by atoms with Gasteiger partial charge in [0.1, 0.15) is 51.7 Å². The molecule has 0 saturated carbocycles. The van der Waals surface area contributed by atoms with Crippen LogP contribution >= 0.6 is 11.6 Å². The lowest BCUT2D eigenvalue weighted by Crippen LogP contribution is -2.08. The molecule has 0 spiro atoms. The van der Waals surface area contributed by atoms with Crippen molar-refractivity contribution in [2.24, 2.45) is 11.8 Å². The van der Waals surface area contributed by atoms with E-state index in [0.717, 1.165) is 58.5 Å². The number of aromatic hydroxyl groups is 2. The summed E-state index contributed by atoms with van der Waals surface area (Å²) in [5.74, 6) is 6.04. The van der Waals surface area contributed by atoms with E-state index < -0.39 is 10.9 Å². The molecule has 0 fully saturated rings. The number of nitro groups is 1. The lowest BCUT2D eigenvalue weighted by molar-refractivity contribution is -0.384. The van der Waals surface area contributed by atoms with Crippen molar-refractivity contribution in [2.45, 2.75) is 117 Å². The van der Waals surface area contributed by atoms with Crippen LogP contribution in [0.5, 0.6) is 51.7 Å². The summed E-state index contributed by atoms with van der Waals surface area (Å²) in [7, 11) is 3.35. The Morgan fingerprint density at radius 1 is 0.325 bits per heavy atom. The Hall–Kier alpha value is -13.2. The number of phenolic OH excluding ortho intramolecular Hbond substituents is 2. The molecule has 0 aliphatic heterocycles. The van der Waals surface area contributed by atoms with Gasteiger partial charge in [0.25, 0.3) is 5.69 Å². The van der Waals surface area contributed by atoms with Crippen molar-refractivity contribution in [3.8, 4) is 51.7 Å². The number of hydrogen-bond acceptors (Lipinski definition) is 14. The number of nitro benzene ring substituents is 1. The number of nitrogens with zero attached hydrogens (tertiary/aromatic N) is 1. The Labute approximate surface area is 715 Å². The molecule has 0 radical (unpaired) electrons. The van der Waals surface area contributed by atoms with Crippen LogP contribution in [0.15, 0.2) is 322 Å². The number of rotatable bonds is 17. The van der Waals surface area contributed by atoms with E-state index in [-0.39, 0.29) is 23.2 Å². The Kier molecular flexibility index (Phi) is 46.4. The van der Waals surface area contributed by atoms with Gasteiger partial charge in [-0.05, 0) is 274 Å². The summed E-state index contributed by atoms with van der Waals surface area (Å²) in [6.45, 7) is 32.7. The molecule has 13 aromatic carbocycles. The number of methoxy groups -OCH3 is 2. The third-order valence-corrected chi connectivity index (χ3v) is 17.8. The maximum atomic E-state index is 11.8. The van der Waals surface area contributed by atoms with Crippen LogP contribution in [0.3, 0.4) is 0 Å². The molecule has 2 unspecified atom stereocenters. The average molecular weight is 1640 g/mol. The number of esters is 3. The quantitative estimate of drug-likeness (QED) is 0.0377. The summed E-state index contributed by atoms with van der Waals surface area (Å²) in [4.78, 5) is 45.2. The van der Waals surface area contributed by atoms with E-state index in [1.165, 1.54) is 76.1 Å². The van der Waals surface area contributed by atoms with Gasteiger partial charge in [0.2, 0.25) is 0 Å². The van der Waals surface area contributed by atoms with Gasteiger partial charge < -0.3 is 43.4 Å². The van der Waals surface area contributed by atoms with Crippen molar-refractivity contribution < 1.29 is 62.7 Å². The van der Waals surface area contributed by atoms with E-state index in [1.807, 2.05) is 193 Å². The van der Waals surface area contributed by atoms with Crippen molar-refractivity contribution in [3.63, 3.8) is 0 Å². The van der Waals surface area contributed by atoms with Gasteiger partial charge in [-0.3, -0.25) is 10.1 Å². The summed E-state index contributed by atoms with van der Waals surface area (Å²) in [5.41, 5.74) is 14.6. The summed E-state index contributed by atoms with van der Waals surface area (Å²) in [6, 6.07) is 97.5. The molecule has 13 rings (SSSR count). The van der Waals surface area contributed by atoms with E-state index in [9.17, 15) is 24.5 Å². The summed E-state index contributed by atoms with van der Waals surface area (Å²) in [6.07, 6.45) is 2.34. The van der Waals surface area contributed by atoms with Crippen LogP contribution in [-0.2, 0) is 0 Å². The smallest absolute Gasteiger partial charge is 0.343 e. The molecule has 0 amide bonds. The van der Waals surface area contributed by atoms with Crippen LogP contribution in [-0.4, -0.2) is 60.5 Å². The number of benzene rings is 13. The summed E-state index contributed by atoms with van der Waals surface area (Å²) >= 11 is 5.74. The van der Waals surface area contributed by atoms with Crippen LogP contribution < -0.4 is 33.2 Å². The lowest BCUT2D eigenvalue weighted by Gasteiger charge is -2.10. The monoisotopic (exact) mass is 1640 g/mol. The van der Waals surface area contributed by atoms with E-state index in [1.54, 1.807) is 111 Å². The van der Waals surface area contributed by atoms with Crippen molar-refractivity contribution in [3.05, 3.63) is 415 Å². The van der Waals surface area contributed by atoms with Gasteiger partial charge in [0.05, 0.1) is 49.0 Å². The van der Waals surface area contributed by atoms with E-state index in [2.05, 4.69) is 111 Å². The summed E-state index contributed by atoms with van der Waals surface area (Å²) < 4.78 is 36.8. The zero-order valence-electron chi connectivity index (χ0n) is 72.2. The highest BCUT2D eigenvalue weighted by Crippen LogP contribution is 2.22. The molecule has 0 saturated heterocycles. The number of aryl methyl sites for hydroxylation is 11. The molecule has 628 valence electrons. The van der Waals surface area contributed by atoms with Gasteiger partial charge in [0, 0.05) is 17.2 Å². The van der Waals surface area contributed by atoms with Crippen molar-refractivity contribution >= 4 is 35.2 Å². The van der Waals surface area contributed by atoms with Crippen molar-refractivity contribution in [2.75, 3.05) is 27.4 Å². The third kappa shape index (κ3) is 43.1. The number of hydrogen-bond donors (Lipinski definition) is 2. The van der Waals surface area contributed by atoms with Crippen molar-refractivity contribution in [1.29, 1.82) is 0 Å². The molecule has 120 heavy (non-hydrogen) atoms. The van der Waals surface area contributed by atoms with E-state index in [0.29, 0.717) is 56.7 Å². The van der Waals surface area contributed by atoms with E-state index in [4.69, 9.17) is 55.0 Å². The standard InChI is InChI=1S/C14H11ClO2.C14H11NO4.C14H12O2.2C12H18O.2C8H10O.C8H10.2C7H8O/c1-10-2-8-13(9-3-10)17-14(16)11-4-6-12(15)7-5-11;1-10-2-8-13(9-3-10)19-14(16)11-4-6-12(7-5-11)15(17)18;1-11-7-9-13(10-8-11)16-14(15)12-5-3-2-4-6-12;1-4-10(2)9-13-12-7-5-11(3)6-8-12;1-4-10(2)9-13-12-7-5-6-11(3)8-12;1-7-3-5-8(9-2)6-4-7;1-7-4-3-5-8(6-7)9-2;1-7-5-3-4-6-8(7)2;1-6-2-4-7(8)5-3-6;1-6-3-2-4-7(8)5-6/h2-9H,1H3;2-9H,1H3;2-10H,1H3;2*5-8,10H,4,9H2,1-3H3;2*3-6H,1-2H3;3-6H,1-2H3;2*2-5,8H,1H3. The second-order valence-electron chi connectivity index (χ2n) is 28.4. The maximum absolute atomic E-state index is 11.8. The first-order chi connectivity index (χ1) is 57.4. The predicted octanol–water partition coefficient (Wildman–Crippen LogP) is 26.8. The lowest BCUT2D eigenvalue weighted by atomic mass is 10.1. The minimum atomic E-state index is -0.543. The fourth-order valence-corrected chi connectivity index (χ4v) is 9.63. The highest BCUT2D eigenvalue weighted by Gasteiger charge is 2.13. The molecule has 0 heterocycles.